The van der Waals surface area contributed by atoms with Gasteiger partial charge in [0.1, 0.15) is 5.76 Å². The number of aryl methyl sites for hydroxylation is 1. The fraction of sp³-hybridized carbons (Fsp3) is 0.526. The summed E-state index contributed by atoms with van der Waals surface area (Å²) in [5.41, 5.74) is 1.42. The standard InChI is InChI=1S/C19H26N6O3/c1-11(2)21-17(26)14-9-20-19(24(4)5)22-16(14)13-6-7-25(10-13)18(27)15-8-12(3)28-23-15/h8-9,11,13H,6-7,10H2,1-5H3,(H,21,26). The molecule has 0 aliphatic carbocycles. The SMILES string of the molecule is Cc1cc(C(=O)N2CCC(c3nc(N(C)C)ncc3C(=O)NC(C)C)C2)no1. The molecule has 0 saturated carbocycles. The highest BCUT2D eigenvalue weighted by Gasteiger charge is 2.33. The summed E-state index contributed by atoms with van der Waals surface area (Å²) in [7, 11) is 3.70. The van der Waals surface area contributed by atoms with Gasteiger partial charge in [0.15, 0.2) is 5.69 Å². The summed E-state index contributed by atoms with van der Waals surface area (Å²) < 4.78 is 5.01. The first-order valence-corrected chi connectivity index (χ1v) is 9.34. The molecule has 3 rings (SSSR count). The van der Waals surface area contributed by atoms with Crippen LogP contribution in [0.4, 0.5) is 5.95 Å². The quantitative estimate of drug-likeness (QED) is 0.832. The van der Waals surface area contributed by atoms with E-state index in [4.69, 9.17) is 4.52 Å². The summed E-state index contributed by atoms with van der Waals surface area (Å²) in [5.74, 6) is 0.708. The first kappa shape index (κ1) is 19.8. The highest BCUT2D eigenvalue weighted by atomic mass is 16.5. The lowest BCUT2D eigenvalue weighted by molar-refractivity contribution is 0.0780. The van der Waals surface area contributed by atoms with E-state index < -0.39 is 0 Å². The third kappa shape index (κ3) is 4.13. The van der Waals surface area contributed by atoms with E-state index in [1.165, 1.54) is 0 Å². The van der Waals surface area contributed by atoms with Crippen LogP contribution in [0.3, 0.4) is 0 Å². The molecule has 0 radical (unpaired) electrons. The number of aromatic nitrogens is 3. The summed E-state index contributed by atoms with van der Waals surface area (Å²) in [6, 6.07) is 1.64. The Labute approximate surface area is 164 Å². The molecule has 1 unspecified atom stereocenters. The number of rotatable bonds is 5. The molecule has 2 aromatic rings. The Morgan fingerprint density at radius 2 is 2.11 bits per heavy atom. The van der Waals surface area contributed by atoms with Gasteiger partial charge in [-0.2, -0.15) is 0 Å². The summed E-state index contributed by atoms with van der Waals surface area (Å²) in [6.07, 6.45) is 2.29. The zero-order chi connectivity index (χ0) is 20.4. The molecule has 3 heterocycles. The smallest absolute Gasteiger partial charge is 0.276 e. The summed E-state index contributed by atoms with van der Waals surface area (Å²) in [4.78, 5) is 37.8. The Morgan fingerprint density at radius 1 is 1.36 bits per heavy atom. The molecule has 1 atom stereocenters. The van der Waals surface area contributed by atoms with Crippen LogP contribution < -0.4 is 10.2 Å². The summed E-state index contributed by atoms with van der Waals surface area (Å²) in [6.45, 7) is 6.60. The molecule has 28 heavy (non-hydrogen) atoms. The van der Waals surface area contributed by atoms with E-state index in [9.17, 15) is 9.59 Å². The van der Waals surface area contributed by atoms with Gasteiger partial charge in [-0.3, -0.25) is 9.59 Å². The second-order valence-corrected chi connectivity index (χ2v) is 7.55. The second kappa shape index (κ2) is 7.95. The van der Waals surface area contributed by atoms with Crippen LogP contribution in [0.15, 0.2) is 16.8 Å². The van der Waals surface area contributed by atoms with Crippen molar-refractivity contribution in [2.24, 2.45) is 0 Å². The molecule has 2 amide bonds. The van der Waals surface area contributed by atoms with E-state index in [-0.39, 0.29) is 23.8 Å². The number of nitrogens with one attached hydrogen (secondary N) is 1. The van der Waals surface area contributed by atoms with Crippen molar-refractivity contribution < 1.29 is 14.1 Å². The van der Waals surface area contributed by atoms with Crippen LogP contribution >= 0.6 is 0 Å². The van der Waals surface area contributed by atoms with E-state index in [1.807, 2.05) is 27.9 Å². The molecule has 0 bridgehead atoms. The maximum atomic E-state index is 12.7. The van der Waals surface area contributed by atoms with Crippen LogP contribution in [0.5, 0.6) is 0 Å². The Balaban J connectivity index is 1.86. The monoisotopic (exact) mass is 386 g/mol. The number of amides is 2. The topological polar surface area (TPSA) is 104 Å². The second-order valence-electron chi connectivity index (χ2n) is 7.55. The number of carbonyl (C=O) groups is 2. The van der Waals surface area contributed by atoms with Crippen LogP contribution in [0.25, 0.3) is 0 Å². The molecular weight excluding hydrogens is 360 g/mol. The van der Waals surface area contributed by atoms with Crippen molar-refractivity contribution in [1.82, 2.24) is 25.3 Å². The number of hydrogen-bond donors (Lipinski definition) is 1. The number of nitrogens with zero attached hydrogens (tertiary/aromatic N) is 5. The number of hydrogen-bond acceptors (Lipinski definition) is 7. The average molecular weight is 386 g/mol. The van der Waals surface area contributed by atoms with Crippen molar-refractivity contribution >= 4 is 17.8 Å². The zero-order valence-electron chi connectivity index (χ0n) is 16.9. The third-order valence-corrected chi connectivity index (χ3v) is 4.58. The largest absolute Gasteiger partial charge is 0.361 e. The minimum Gasteiger partial charge on any atom is -0.361 e. The van der Waals surface area contributed by atoms with Crippen molar-refractivity contribution in [1.29, 1.82) is 0 Å². The third-order valence-electron chi connectivity index (χ3n) is 4.58. The summed E-state index contributed by atoms with van der Waals surface area (Å²) in [5, 5.41) is 6.71. The lowest BCUT2D eigenvalue weighted by atomic mass is 9.99. The van der Waals surface area contributed by atoms with Crippen molar-refractivity contribution in [3.8, 4) is 0 Å². The van der Waals surface area contributed by atoms with Crippen molar-refractivity contribution in [2.75, 3.05) is 32.1 Å². The molecule has 0 spiro atoms. The molecule has 0 aromatic carbocycles. The van der Waals surface area contributed by atoms with E-state index in [0.717, 1.165) is 0 Å². The lowest BCUT2D eigenvalue weighted by Crippen LogP contribution is -2.32. The van der Waals surface area contributed by atoms with Crippen molar-refractivity contribution in [2.45, 2.75) is 39.2 Å². The Morgan fingerprint density at radius 3 is 2.71 bits per heavy atom. The molecule has 9 nitrogen and oxygen atoms in total. The molecule has 1 aliphatic rings. The minimum atomic E-state index is -0.202. The molecule has 150 valence electrons. The van der Waals surface area contributed by atoms with E-state index in [1.54, 1.807) is 29.0 Å². The van der Waals surface area contributed by atoms with Gasteiger partial charge in [0.25, 0.3) is 11.8 Å². The van der Waals surface area contributed by atoms with Crippen LogP contribution in [0.2, 0.25) is 0 Å². The van der Waals surface area contributed by atoms with Crippen LogP contribution in [0, 0.1) is 6.92 Å². The predicted molar refractivity (Wildman–Crippen MR) is 103 cm³/mol. The van der Waals surface area contributed by atoms with Gasteiger partial charge >= 0.3 is 0 Å². The van der Waals surface area contributed by atoms with Gasteiger partial charge in [-0.1, -0.05) is 5.16 Å². The lowest BCUT2D eigenvalue weighted by Gasteiger charge is -2.19. The molecule has 1 saturated heterocycles. The normalized spacial score (nSPS) is 16.5. The predicted octanol–water partition coefficient (Wildman–Crippen LogP) is 1.61. The van der Waals surface area contributed by atoms with Crippen LogP contribution in [-0.2, 0) is 0 Å². The molecule has 9 heteroatoms. The zero-order valence-corrected chi connectivity index (χ0v) is 16.9. The average Bonchev–Trinajstić information content (AvgIpc) is 3.29. The van der Waals surface area contributed by atoms with Gasteiger partial charge in [0.2, 0.25) is 5.95 Å². The Kier molecular flexibility index (Phi) is 5.62. The molecular formula is C19H26N6O3. The van der Waals surface area contributed by atoms with Gasteiger partial charge in [-0.15, -0.1) is 0 Å². The number of anilines is 1. The van der Waals surface area contributed by atoms with Gasteiger partial charge in [0, 0.05) is 51.4 Å². The molecule has 2 aromatic heterocycles. The fourth-order valence-corrected chi connectivity index (χ4v) is 3.22. The van der Waals surface area contributed by atoms with E-state index >= 15 is 0 Å². The minimum absolute atomic E-state index is 0.00549. The molecule has 1 N–H and O–H groups in total. The van der Waals surface area contributed by atoms with Crippen LogP contribution in [-0.4, -0.2) is 65.1 Å². The van der Waals surface area contributed by atoms with Crippen LogP contribution in [0.1, 0.15) is 58.5 Å². The highest BCUT2D eigenvalue weighted by Crippen LogP contribution is 2.30. The first-order chi connectivity index (χ1) is 13.3. The maximum Gasteiger partial charge on any atom is 0.276 e. The summed E-state index contributed by atoms with van der Waals surface area (Å²) >= 11 is 0. The first-order valence-electron chi connectivity index (χ1n) is 9.34. The number of likely N-dealkylation sites (tertiary alicyclic amines) is 1. The van der Waals surface area contributed by atoms with Gasteiger partial charge in [-0.05, 0) is 27.2 Å². The van der Waals surface area contributed by atoms with Crippen molar-refractivity contribution in [3.63, 3.8) is 0 Å². The Hall–Kier alpha value is -2.97. The maximum absolute atomic E-state index is 12.7. The van der Waals surface area contributed by atoms with Gasteiger partial charge < -0.3 is 19.6 Å². The van der Waals surface area contributed by atoms with Crippen molar-refractivity contribution in [3.05, 3.63) is 35.0 Å². The van der Waals surface area contributed by atoms with Gasteiger partial charge in [0.05, 0.1) is 11.3 Å². The van der Waals surface area contributed by atoms with Gasteiger partial charge in [-0.25, -0.2) is 9.97 Å². The van der Waals surface area contributed by atoms with E-state index in [2.05, 4.69) is 20.4 Å². The molecule has 1 fully saturated rings. The van der Waals surface area contributed by atoms with E-state index in [0.29, 0.717) is 48.2 Å². The molecule has 1 aliphatic heterocycles. The highest BCUT2D eigenvalue weighted by molar-refractivity contribution is 5.95. The fourth-order valence-electron chi connectivity index (χ4n) is 3.22. The Bertz CT molecular complexity index is 876. The number of carbonyl (C=O) groups excluding carboxylic acids is 2.